The minimum atomic E-state index is 0.456. The molecule has 0 saturated carbocycles. The number of aromatic nitrogens is 2. The van der Waals surface area contributed by atoms with Gasteiger partial charge in [0.05, 0.1) is 25.5 Å². The Balaban J connectivity index is 2.30. The number of ether oxygens (including phenoxy) is 2. The number of pyridine rings is 2. The molecule has 0 radical (unpaired) electrons. The number of nitrogens with zero attached hydrogens (tertiary/aromatic N) is 2. The Morgan fingerprint density at radius 1 is 1.05 bits per heavy atom. The zero-order valence-corrected chi connectivity index (χ0v) is 11.8. The number of rotatable bonds is 3. The van der Waals surface area contributed by atoms with Crippen LogP contribution < -0.4 is 15.2 Å². The summed E-state index contributed by atoms with van der Waals surface area (Å²) in [6.45, 7) is 0. The Morgan fingerprint density at radius 2 is 1.76 bits per heavy atom. The van der Waals surface area contributed by atoms with E-state index >= 15 is 0 Å². The van der Waals surface area contributed by atoms with Gasteiger partial charge in [-0.15, -0.1) is 0 Å². The van der Waals surface area contributed by atoms with Crippen molar-refractivity contribution in [1.82, 2.24) is 9.97 Å². The van der Waals surface area contributed by atoms with Crippen LogP contribution in [0.25, 0.3) is 22.0 Å². The zero-order valence-electron chi connectivity index (χ0n) is 11.8. The fraction of sp³-hybridized carbons (Fsp3) is 0.125. The molecule has 21 heavy (non-hydrogen) atoms. The number of methoxy groups -OCH3 is 2. The summed E-state index contributed by atoms with van der Waals surface area (Å²) in [7, 11) is 3.23. The van der Waals surface area contributed by atoms with E-state index in [1.807, 2.05) is 30.3 Å². The Morgan fingerprint density at radius 3 is 2.43 bits per heavy atom. The van der Waals surface area contributed by atoms with Gasteiger partial charge in [-0.1, -0.05) is 6.07 Å². The van der Waals surface area contributed by atoms with Gasteiger partial charge in [-0.25, -0.2) is 4.98 Å². The number of hydrogen-bond acceptors (Lipinski definition) is 5. The van der Waals surface area contributed by atoms with Crippen LogP contribution in [0.4, 0.5) is 5.82 Å². The molecule has 2 N–H and O–H groups in total. The van der Waals surface area contributed by atoms with Crippen LogP contribution in [0, 0.1) is 0 Å². The van der Waals surface area contributed by atoms with Crippen molar-refractivity contribution in [2.75, 3.05) is 20.0 Å². The second-order valence-corrected chi connectivity index (χ2v) is 4.53. The van der Waals surface area contributed by atoms with E-state index in [9.17, 15) is 0 Å². The van der Waals surface area contributed by atoms with Gasteiger partial charge in [-0.3, -0.25) is 4.98 Å². The van der Waals surface area contributed by atoms with Crippen molar-refractivity contribution >= 4 is 16.6 Å². The minimum absolute atomic E-state index is 0.456. The lowest BCUT2D eigenvalue weighted by molar-refractivity contribution is 0.397. The van der Waals surface area contributed by atoms with Crippen molar-refractivity contribution in [3.8, 4) is 22.8 Å². The van der Waals surface area contributed by atoms with Gasteiger partial charge in [0.1, 0.15) is 17.3 Å². The Labute approximate surface area is 122 Å². The second kappa shape index (κ2) is 5.28. The molecule has 5 nitrogen and oxygen atoms in total. The summed E-state index contributed by atoms with van der Waals surface area (Å²) in [5.74, 6) is 1.83. The maximum Gasteiger partial charge on any atom is 0.132 e. The van der Waals surface area contributed by atoms with Gasteiger partial charge in [-0.2, -0.15) is 0 Å². The summed E-state index contributed by atoms with van der Waals surface area (Å²) in [6, 6.07) is 9.37. The highest BCUT2D eigenvalue weighted by Crippen LogP contribution is 2.38. The highest BCUT2D eigenvalue weighted by Gasteiger charge is 2.15. The SMILES string of the molecule is COc1cccc(OC)c1-c1cc2cnccc2c(N)n1. The molecule has 0 atom stereocenters. The van der Waals surface area contributed by atoms with E-state index in [4.69, 9.17) is 15.2 Å². The van der Waals surface area contributed by atoms with Crippen LogP contribution in [-0.2, 0) is 0 Å². The van der Waals surface area contributed by atoms with Crippen LogP contribution in [0.1, 0.15) is 0 Å². The molecule has 1 aromatic carbocycles. The second-order valence-electron chi connectivity index (χ2n) is 4.53. The first-order chi connectivity index (χ1) is 10.2. The normalized spacial score (nSPS) is 10.6. The molecule has 0 amide bonds. The third-order valence-corrected chi connectivity index (χ3v) is 3.34. The smallest absolute Gasteiger partial charge is 0.132 e. The summed E-state index contributed by atoms with van der Waals surface area (Å²) < 4.78 is 10.8. The molecule has 0 unspecified atom stereocenters. The molecule has 0 bridgehead atoms. The summed E-state index contributed by atoms with van der Waals surface area (Å²) in [4.78, 5) is 8.61. The fourth-order valence-corrected chi connectivity index (χ4v) is 2.36. The van der Waals surface area contributed by atoms with E-state index in [0.29, 0.717) is 23.0 Å². The lowest BCUT2D eigenvalue weighted by Crippen LogP contribution is -1.98. The first-order valence-corrected chi connectivity index (χ1v) is 6.46. The van der Waals surface area contributed by atoms with Crippen LogP contribution >= 0.6 is 0 Å². The molecule has 0 fully saturated rings. The monoisotopic (exact) mass is 281 g/mol. The van der Waals surface area contributed by atoms with Crippen molar-refractivity contribution in [3.63, 3.8) is 0 Å². The zero-order chi connectivity index (χ0) is 14.8. The number of nitrogen functional groups attached to an aromatic ring is 1. The molecular formula is C16H15N3O2. The summed E-state index contributed by atoms with van der Waals surface area (Å²) in [5.41, 5.74) is 7.53. The van der Waals surface area contributed by atoms with Crippen molar-refractivity contribution in [2.24, 2.45) is 0 Å². The lowest BCUT2D eigenvalue weighted by atomic mass is 10.1. The van der Waals surface area contributed by atoms with Gasteiger partial charge < -0.3 is 15.2 Å². The quantitative estimate of drug-likeness (QED) is 0.799. The summed E-state index contributed by atoms with van der Waals surface area (Å²) >= 11 is 0. The third kappa shape index (κ3) is 2.23. The van der Waals surface area contributed by atoms with E-state index in [0.717, 1.165) is 16.3 Å². The molecule has 2 aromatic heterocycles. The van der Waals surface area contributed by atoms with Crippen LogP contribution in [0.15, 0.2) is 42.7 Å². The van der Waals surface area contributed by atoms with Gasteiger partial charge in [0.25, 0.3) is 0 Å². The molecule has 3 rings (SSSR count). The van der Waals surface area contributed by atoms with Crippen LogP contribution in [0.3, 0.4) is 0 Å². The predicted octanol–water partition coefficient (Wildman–Crippen LogP) is 2.90. The predicted molar refractivity (Wildman–Crippen MR) is 82.5 cm³/mol. The fourth-order valence-electron chi connectivity index (χ4n) is 2.36. The van der Waals surface area contributed by atoms with Crippen LogP contribution in [-0.4, -0.2) is 24.2 Å². The molecule has 0 aliphatic carbocycles. The summed E-state index contributed by atoms with van der Waals surface area (Å²) in [6.07, 6.45) is 3.46. The standard InChI is InChI=1S/C16H15N3O2/c1-20-13-4-3-5-14(21-2)15(13)12-8-10-9-18-7-6-11(10)16(17)19-12/h3-9H,1-2H3,(H2,17,19). The summed E-state index contributed by atoms with van der Waals surface area (Å²) in [5, 5.41) is 1.80. The van der Waals surface area contributed by atoms with Gasteiger partial charge >= 0.3 is 0 Å². The van der Waals surface area contributed by atoms with Crippen molar-refractivity contribution in [2.45, 2.75) is 0 Å². The average Bonchev–Trinajstić information content (AvgIpc) is 2.54. The van der Waals surface area contributed by atoms with Gasteiger partial charge in [0.15, 0.2) is 0 Å². The number of fused-ring (bicyclic) bond motifs is 1. The van der Waals surface area contributed by atoms with Crippen LogP contribution in [0.5, 0.6) is 11.5 Å². The molecule has 106 valence electrons. The highest BCUT2D eigenvalue weighted by atomic mass is 16.5. The number of nitrogens with two attached hydrogens (primary N) is 1. The van der Waals surface area contributed by atoms with Gasteiger partial charge in [0, 0.05) is 23.2 Å². The van der Waals surface area contributed by atoms with E-state index < -0.39 is 0 Å². The van der Waals surface area contributed by atoms with Crippen LogP contribution in [0.2, 0.25) is 0 Å². The van der Waals surface area contributed by atoms with Crippen molar-refractivity contribution < 1.29 is 9.47 Å². The highest BCUT2D eigenvalue weighted by molar-refractivity contribution is 5.94. The van der Waals surface area contributed by atoms with E-state index in [2.05, 4.69) is 9.97 Å². The first kappa shape index (κ1) is 13.2. The largest absolute Gasteiger partial charge is 0.496 e. The van der Waals surface area contributed by atoms with Crippen molar-refractivity contribution in [3.05, 3.63) is 42.7 Å². The van der Waals surface area contributed by atoms with Gasteiger partial charge in [-0.05, 0) is 24.3 Å². The Hall–Kier alpha value is -2.82. The number of anilines is 1. The average molecular weight is 281 g/mol. The van der Waals surface area contributed by atoms with E-state index in [1.165, 1.54) is 0 Å². The van der Waals surface area contributed by atoms with E-state index in [-0.39, 0.29) is 0 Å². The first-order valence-electron chi connectivity index (χ1n) is 6.46. The third-order valence-electron chi connectivity index (χ3n) is 3.34. The Kier molecular flexibility index (Phi) is 3.31. The molecule has 3 aromatic rings. The Bertz CT molecular complexity index is 780. The molecule has 2 heterocycles. The number of hydrogen-bond donors (Lipinski definition) is 1. The molecular weight excluding hydrogens is 266 g/mol. The lowest BCUT2D eigenvalue weighted by Gasteiger charge is -2.13. The van der Waals surface area contributed by atoms with Gasteiger partial charge in [0.2, 0.25) is 0 Å². The van der Waals surface area contributed by atoms with E-state index in [1.54, 1.807) is 26.6 Å². The maximum absolute atomic E-state index is 6.06. The molecule has 5 heteroatoms. The maximum atomic E-state index is 6.06. The number of benzene rings is 1. The molecule has 0 aliphatic rings. The minimum Gasteiger partial charge on any atom is -0.496 e. The van der Waals surface area contributed by atoms with Crippen molar-refractivity contribution in [1.29, 1.82) is 0 Å². The molecule has 0 aliphatic heterocycles. The molecule has 0 spiro atoms. The topological polar surface area (TPSA) is 70.3 Å². The molecule has 0 saturated heterocycles.